The smallest absolute Gasteiger partial charge is 0.0724 e. The normalized spacial score (nSPS) is 14.4. The Morgan fingerprint density at radius 3 is 1.95 bits per heavy atom. The summed E-state index contributed by atoms with van der Waals surface area (Å²) in [5, 5.41) is 3.69. The molecule has 2 atom stereocenters. The molecule has 0 fully saturated rings. The number of unbranched alkanes of at least 4 members (excludes halogenated alkanes) is 6. The zero-order valence-corrected chi connectivity index (χ0v) is 14.5. The van der Waals surface area contributed by atoms with Gasteiger partial charge in [-0.3, -0.25) is 0 Å². The molecule has 0 amide bonds. The Kier molecular flexibility index (Phi) is 15.3. The van der Waals surface area contributed by atoms with Gasteiger partial charge in [-0.05, 0) is 25.8 Å². The summed E-state index contributed by atoms with van der Waals surface area (Å²) < 4.78 is 5.70. The average molecular weight is 286 g/mol. The first-order valence-corrected chi connectivity index (χ1v) is 9.06. The van der Waals surface area contributed by atoms with Crippen molar-refractivity contribution in [1.82, 2.24) is 5.32 Å². The third-order valence-electron chi connectivity index (χ3n) is 4.10. The maximum absolute atomic E-state index is 5.70. The first kappa shape index (κ1) is 19.9. The number of hydrogen-bond donors (Lipinski definition) is 1. The maximum Gasteiger partial charge on any atom is 0.0724 e. The van der Waals surface area contributed by atoms with Crippen LogP contribution in [0.15, 0.2) is 0 Å². The molecule has 20 heavy (non-hydrogen) atoms. The second-order valence-electron chi connectivity index (χ2n) is 6.03. The van der Waals surface area contributed by atoms with Gasteiger partial charge in [-0.25, -0.2) is 0 Å². The fourth-order valence-electron chi connectivity index (χ4n) is 2.84. The number of rotatable bonds is 15. The quantitative estimate of drug-likeness (QED) is 0.412. The van der Waals surface area contributed by atoms with Crippen molar-refractivity contribution in [2.24, 2.45) is 0 Å². The molecular weight excluding hydrogens is 246 g/mol. The van der Waals surface area contributed by atoms with Gasteiger partial charge in [0.2, 0.25) is 0 Å². The Balaban J connectivity index is 3.84. The van der Waals surface area contributed by atoms with E-state index in [1.54, 1.807) is 0 Å². The van der Waals surface area contributed by atoms with Crippen LogP contribution in [-0.2, 0) is 4.74 Å². The Bertz CT molecular complexity index is 184. The van der Waals surface area contributed by atoms with Crippen LogP contribution in [0, 0.1) is 0 Å². The summed E-state index contributed by atoms with van der Waals surface area (Å²) in [5.74, 6) is 0. The van der Waals surface area contributed by atoms with Crippen molar-refractivity contribution >= 4 is 0 Å². The molecule has 0 aliphatic rings. The molecule has 0 spiro atoms. The lowest BCUT2D eigenvalue weighted by Gasteiger charge is -2.27. The van der Waals surface area contributed by atoms with E-state index in [1.165, 1.54) is 70.6 Å². The fraction of sp³-hybridized carbons (Fsp3) is 1.00. The van der Waals surface area contributed by atoms with E-state index in [2.05, 4.69) is 26.1 Å². The monoisotopic (exact) mass is 285 g/mol. The molecule has 1 N–H and O–H groups in total. The highest BCUT2D eigenvalue weighted by Gasteiger charge is 2.19. The molecule has 2 heteroatoms. The summed E-state index contributed by atoms with van der Waals surface area (Å²) in [6, 6.07) is 0.551. The Morgan fingerprint density at radius 1 is 0.750 bits per heavy atom. The lowest BCUT2D eigenvalue weighted by molar-refractivity contribution is 0.0572. The molecule has 122 valence electrons. The van der Waals surface area contributed by atoms with Gasteiger partial charge in [0.1, 0.15) is 0 Å². The molecule has 0 aromatic carbocycles. The summed E-state index contributed by atoms with van der Waals surface area (Å²) in [4.78, 5) is 0. The molecule has 0 aliphatic heterocycles. The van der Waals surface area contributed by atoms with Crippen LogP contribution in [0.4, 0.5) is 0 Å². The van der Waals surface area contributed by atoms with Crippen LogP contribution in [0.3, 0.4) is 0 Å². The molecule has 2 unspecified atom stereocenters. The first-order valence-electron chi connectivity index (χ1n) is 9.06. The predicted molar refractivity (Wildman–Crippen MR) is 90.4 cm³/mol. The lowest BCUT2D eigenvalue weighted by Crippen LogP contribution is -2.41. The number of ether oxygens (including phenoxy) is 1. The van der Waals surface area contributed by atoms with Gasteiger partial charge >= 0.3 is 0 Å². The average Bonchev–Trinajstić information content (AvgIpc) is 2.47. The molecule has 0 bridgehead atoms. The van der Waals surface area contributed by atoms with Crippen molar-refractivity contribution in [1.29, 1.82) is 0 Å². The topological polar surface area (TPSA) is 21.3 Å². The van der Waals surface area contributed by atoms with Crippen LogP contribution in [0.2, 0.25) is 0 Å². The van der Waals surface area contributed by atoms with Crippen LogP contribution in [-0.4, -0.2) is 25.8 Å². The van der Waals surface area contributed by atoms with Crippen molar-refractivity contribution in [3.05, 3.63) is 0 Å². The molecular formula is C18H39NO. The zero-order valence-electron chi connectivity index (χ0n) is 14.5. The maximum atomic E-state index is 5.70. The minimum Gasteiger partial charge on any atom is -0.380 e. The van der Waals surface area contributed by atoms with Crippen molar-refractivity contribution < 1.29 is 4.74 Å². The van der Waals surface area contributed by atoms with Gasteiger partial charge in [-0.2, -0.15) is 0 Å². The van der Waals surface area contributed by atoms with Crippen molar-refractivity contribution in [3.63, 3.8) is 0 Å². The minimum absolute atomic E-state index is 0.395. The van der Waals surface area contributed by atoms with E-state index >= 15 is 0 Å². The van der Waals surface area contributed by atoms with Crippen LogP contribution in [0.5, 0.6) is 0 Å². The molecule has 0 rings (SSSR count). The van der Waals surface area contributed by atoms with Gasteiger partial charge in [-0.1, -0.05) is 72.1 Å². The standard InChI is InChI=1S/C18H39NO/c1-5-8-9-10-11-12-13-15-17(19-16-7-3)18(20-4)14-6-2/h17-19H,5-16H2,1-4H3. The van der Waals surface area contributed by atoms with E-state index in [9.17, 15) is 0 Å². The van der Waals surface area contributed by atoms with Gasteiger partial charge in [0, 0.05) is 13.2 Å². The van der Waals surface area contributed by atoms with Crippen LogP contribution >= 0.6 is 0 Å². The summed E-state index contributed by atoms with van der Waals surface area (Å²) in [6.45, 7) is 7.88. The highest BCUT2D eigenvalue weighted by atomic mass is 16.5. The molecule has 0 saturated carbocycles. The largest absolute Gasteiger partial charge is 0.380 e. The summed E-state index contributed by atoms with van der Waals surface area (Å²) >= 11 is 0. The van der Waals surface area contributed by atoms with Crippen molar-refractivity contribution in [2.45, 2.75) is 104 Å². The van der Waals surface area contributed by atoms with E-state index < -0.39 is 0 Å². The van der Waals surface area contributed by atoms with Crippen molar-refractivity contribution in [2.75, 3.05) is 13.7 Å². The fourth-order valence-corrected chi connectivity index (χ4v) is 2.84. The number of methoxy groups -OCH3 is 1. The summed E-state index contributed by atoms with van der Waals surface area (Å²) in [5.41, 5.74) is 0. The van der Waals surface area contributed by atoms with E-state index in [0.29, 0.717) is 12.1 Å². The number of nitrogens with one attached hydrogen (secondary N) is 1. The number of hydrogen-bond acceptors (Lipinski definition) is 2. The zero-order chi connectivity index (χ0) is 15.1. The predicted octanol–water partition coefficient (Wildman–Crippen LogP) is 5.31. The Morgan fingerprint density at radius 2 is 1.40 bits per heavy atom. The lowest BCUT2D eigenvalue weighted by atomic mass is 9.98. The molecule has 0 aromatic rings. The highest BCUT2D eigenvalue weighted by molar-refractivity contribution is 4.76. The third kappa shape index (κ3) is 10.7. The van der Waals surface area contributed by atoms with Crippen LogP contribution in [0.25, 0.3) is 0 Å². The molecule has 0 saturated heterocycles. The van der Waals surface area contributed by atoms with Crippen LogP contribution in [0.1, 0.15) is 91.4 Å². The molecule has 0 radical (unpaired) electrons. The van der Waals surface area contributed by atoms with Gasteiger partial charge in [-0.15, -0.1) is 0 Å². The molecule has 0 aliphatic carbocycles. The van der Waals surface area contributed by atoms with E-state index in [-0.39, 0.29) is 0 Å². The third-order valence-corrected chi connectivity index (χ3v) is 4.10. The second kappa shape index (κ2) is 15.3. The van der Waals surface area contributed by atoms with E-state index in [1.807, 2.05) is 7.11 Å². The van der Waals surface area contributed by atoms with Gasteiger partial charge in [0.05, 0.1) is 6.10 Å². The minimum atomic E-state index is 0.395. The second-order valence-corrected chi connectivity index (χ2v) is 6.03. The molecule has 0 heterocycles. The van der Waals surface area contributed by atoms with Gasteiger partial charge < -0.3 is 10.1 Å². The van der Waals surface area contributed by atoms with E-state index in [4.69, 9.17) is 4.74 Å². The SMILES string of the molecule is CCCCCCCCCC(NCCC)C(CCC)OC. The van der Waals surface area contributed by atoms with Crippen LogP contribution < -0.4 is 5.32 Å². The van der Waals surface area contributed by atoms with E-state index in [0.717, 1.165) is 6.54 Å². The van der Waals surface area contributed by atoms with Crippen molar-refractivity contribution in [3.8, 4) is 0 Å². The van der Waals surface area contributed by atoms with Gasteiger partial charge in [0.25, 0.3) is 0 Å². The molecule has 2 nitrogen and oxygen atoms in total. The highest BCUT2D eigenvalue weighted by Crippen LogP contribution is 2.15. The summed E-state index contributed by atoms with van der Waals surface area (Å²) in [7, 11) is 1.87. The Labute approximate surface area is 128 Å². The summed E-state index contributed by atoms with van der Waals surface area (Å²) in [6.07, 6.45) is 15.0. The Hall–Kier alpha value is -0.0800. The van der Waals surface area contributed by atoms with Gasteiger partial charge in [0.15, 0.2) is 0 Å². The molecule has 0 aromatic heterocycles. The first-order chi connectivity index (χ1) is 9.79.